The van der Waals surface area contributed by atoms with Gasteiger partial charge in [-0.3, -0.25) is 20.4 Å². The van der Waals surface area contributed by atoms with Gasteiger partial charge in [0.2, 0.25) is 5.91 Å². The van der Waals surface area contributed by atoms with E-state index in [2.05, 4.69) is 16.9 Å². The minimum absolute atomic E-state index is 0.197. The van der Waals surface area contributed by atoms with Crippen LogP contribution < -0.4 is 10.9 Å². The average molecular weight is 279 g/mol. The van der Waals surface area contributed by atoms with Gasteiger partial charge in [0.05, 0.1) is 10.6 Å². The molecule has 19 heavy (non-hydrogen) atoms. The standard InChI is InChI=1S/C14H15ClN2O2/c15-12-8-4-3-7-11(12)14(19)17-16-13(18)9-10-5-1-2-6-10/h1,3-5,7-8,10H,2,6,9H2,(H,16,18)(H,17,19)/t10-/m0/s1. The Labute approximate surface area is 116 Å². The third-order valence-corrected chi connectivity index (χ3v) is 3.32. The van der Waals surface area contributed by atoms with Crippen LogP contribution >= 0.6 is 11.6 Å². The molecular formula is C14H15ClN2O2. The predicted octanol–water partition coefficient (Wildman–Crippen LogP) is 2.46. The lowest BCUT2D eigenvalue weighted by molar-refractivity contribution is -0.122. The van der Waals surface area contributed by atoms with Gasteiger partial charge in [0.1, 0.15) is 0 Å². The maximum Gasteiger partial charge on any atom is 0.271 e. The molecule has 0 saturated carbocycles. The molecule has 2 rings (SSSR count). The number of carbonyl (C=O) groups is 2. The van der Waals surface area contributed by atoms with E-state index in [1.54, 1.807) is 24.3 Å². The van der Waals surface area contributed by atoms with E-state index < -0.39 is 5.91 Å². The lowest BCUT2D eigenvalue weighted by atomic mass is 10.1. The van der Waals surface area contributed by atoms with Crippen LogP contribution in [0.1, 0.15) is 29.6 Å². The Balaban J connectivity index is 1.81. The summed E-state index contributed by atoms with van der Waals surface area (Å²) in [5.74, 6) is -0.338. The highest BCUT2D eigenvalue weighted by molar-refractivity contribution is 6.33. The van der Waals surface area contributed by atoms with Crippen LogP contribution in [-0.2, 0) is 4.79 Å². The zero-order chi connectivity index (χ0) is 13.7. The summed E-state index contributed by atoms with van der Waals surface area (Å²) >= 11 is 5.89. The molecular weight excluding hydrogens is 264 g/mol. The number of benzene rings is 1. The number of hydrazine groups is 1. The molecule has 1 aliphatic carbocycles. The first kappa shape index (κ1) is 13.6. The van der Waals surface area contributed by atoms with Gasteiger partial charge in [-0.25, -0.2) is 0 Å². The third kappa shape index (κ3) is 3.83. The Morgan fingerprint density at radius 2 is 2.05 bits per heavy atom. The first-order valence-corrected chi connectivity index (χ1v) is 6.55. The Kier molecular flexibility index (Phi) is 4.58. The molecule has 2 N–H and O–H groups in total. The van der Waals surface area contributed by atoms with Crippen LogP contribution in [0.2, 0.25) is 5.02 Å². The van der Waals surface area contributed by atoms with Crippen molar-refractivity contribution in [1.29, 1.82) is 0 Å². The molecule has 0 aliphatic heterocycles. The lowest BCUT2D eigenvalue weighted by Gasteiger charge is -2.10. The molecule has 4 nitrogen and oxygen atoms in total. The Bertz CT molecular complexity index is 514. The maximum atomic E-state index is 11.8. The summed E-state index contributed by atoms with van der Waals surface area (Å²) in [6.45, 7) is 0. The Hall–Kier alpha value is -1.81. The summed E-state index contributed by atoms with van der Waals surface area (Å²) in [4.78, 5) is 23.4. The van der Waals surface area contributed by atoms with Gasteiger partial charge in [-0.2, -0.15) is 0 Å². The molecule has 1 atom stereocenters. The molecule has 5 heteroatoms. The molecule has 1 aromatic rings. The summed E-state index contributed by atoms with van der Waals surface area (Å²) in [6.07, 6.45) is 6.50. The molecule has 1 aliphatic rings. The van der Waals surface area contributed by atoms with E-state index in [-0.39, 0.29) is 11.8 Å². The molecule has 0 radical (unpaired) electrons. The van der Waals surface area contributed by atoms with E-state index in [0.717, 1.165) is 12.8 Å². The van der Waals surface area contributed by atoms with Gasteiger partial charge in [-0.05, 0) is 30.9 Å². The van der Waals surface area contributed by atoms with Gasteiger partial charge in [0, 0.05) is 6.42 Å². The van der Waals surface area contributed by atoms with Gasteiger partial charge in [-0.15, -0.1) is 0 Å². The van der Waals surface area contributed by atoms with Crippen molar-refractivity contribution in [3.63, 3.8) is 0 Å². The monoisotopic (exact) mass is 278 g/mol. The molecule has 100 valence electrons. The first-order valence-electron chi connectivity index (χ1n) is 6.17. The second kappa shape index (κ2) is 6.38. The fourth-order valence-corrected chi connectivity index (χ4v) is 2.22. The van der Waals surface area contributed by atoms with Gasteiger partial charge in [0.25, 0.3) is 5.91 Å². The summed E-state index contributed by atoms with van der Waals surface area (Å²) in [6, 6.07) is 6.68. The molecule has 0 saturated heterocycles. The van der Waals surface area contributed by atoms with Gasteiger partial charge in [0.15, 0.2) is 0 Å². The van der Waals surface area contributed by atoms with E-state index in [4.69, 9.17) is 11.6 Å². The van der Waals surface area contributed by atoms with E-state index >= 15 is 0 Å². The molecule has 0 fully saturated rings. The topological polar surface area (TPSA) is 58.2 Å². The average Bonchev–Trinajstić information content (AvgIpc) is 2.89. The van der Waals surface area contributed by atoms with E-state index in [1.807, 2.05) is 6.08 Å². The largest absolute Gasteiger partial charge is 0.273 e. The van der Waals surface area contributed by atoms with E-state index in [0.29, 0.717) is 17.0 Å². The lowest BCUT2D eigenvalue weighted by Crippen LogP contribution is -2.42. The fourth-order valence-electron chi connectivity index (χ4n) is 1.99. The summed E-state index contributed by atoms with van der Waals surface area (Å²) in [5, 5.41) is 0.355. The number of halogens is 1. The first-order chi connectivity index (χ1) is 9.16. The Morgan fingerprint density at radius 3 is 2.74 bits per heavy atom. The number of amides is 2. The van der Waals surface area contributed by atoms with Crippen molar-refractivity contribution in [2.75, 3.05) is 0 Å². The highest BCUT2D eigenvalue weighted by Gasteiger charge is 2.15. The predicted molar refractivity (Wildman–Crippen MR) is 73.5 cm³/mol. The van der Waals surface area contributed by atoms with Crippen molar-refractivity contribution in [2.24, 2.45) is 5.92 Å². The van der Waals surface area contributed by atoms with Gasteiger partial charge in [-0.1, -0.05) is 35.9 Å². The van der Waals surface area contributed by atoms with Crippen LogP contribution in [0.3, 0.4) is 0 Å². The SMILES string of the molecule is O=C(C[C@H]1C=CCC1)NNC(=O)c1ccccc1Cl. The number of hydrogen-bond acceptors (Lipinski definition) is 2. The van der Waals surface area contributed by atoms with Crippen LogP contribution in [0.4, 0.5) is 0 Å². The minimum atomic E-state index is -0.416. The molecule has 0 heterocycles. The van der Waals surface area contributed by atoms with Crippen molar-refractivity contribution in [3.05, 3.63) is 47.0 Å². The van der Waals surface area contributed by atoms with Crippen molar-refractivity contribution in [2.45, 2.75) is 19.3 Å². The zero-order valence-electron chi connectivity index (χ0n) is 10.4. The van der Waals surface area contributed by atoms with Crippen molar-refractivity contribution in [3.8, 4) is 0 Å². The second-order valence-electron chi connectivity index (χ2n) is 4.45. The highest BCUT2D eigenvalue weighted by Crippen LogP contribution is 2.19. The molecule has 0 bridgehead atoms. The summed E-state index contributed by atoms with van der Waals surface area (Å²) in [5.41, 5.74) is 5.11. The number of carbonyl (C=O) groups excluding carboxylic acids is 2. The summed E-state index contributed by atoms with van der Waals surface area (Å²) < 4.78 is 0. The van der Waals surface area contributed by atoms with Crippen LogP contribution in [0.15, 0.2) is 36.4 Å². The normalized spacial score (nSPS) is 17.2. The fraction of sp³-hybridized carbons (Fsp3) is 0.286. The van der Waals surface area contributed by atoms with Crippen molar-refractivity contribution >= 4 is 23.4 Å². The number of rotatable bonds is 3. The maximum absolute atomic E-state index is 11.8. The van der Waals surface area contributed by atoms with E-state index in [9.17, 15) is 9.59 Å². The van der Waals surface area contributed by atoms with Crippen LogP contribution in [0, 0.1) is 5.92 Å². The van der Waals surface area contributed by atoms with Gasteiger partial charge >= 0.3 is 0 Å². The van der Waals surface area contributed by atoms with Crippen molar-refractivity contribution in [1.82, 2.24) is 10.9 Å². The zero-order valence-corrected chi connectivity index (χ0v) is 11.1. The number of allylic oxidation sites excluding steroid dienone is 2. The van der Waals surface area contributed by atoms with Crippen LogP contribution in [0.5, 0.6) is 0 Å². The molecule has 0 spiro atoms. The molecule has 0 aromatic heterocycles. The smallest absolute Gasteiger partial charge is 0.271 e. The van der Waals surface area contributed by atoms with Gasteiger partial charge < -0.3 is 0 Å². The van der Waals surface area contributed by atoms with Crippen LogP contribution in [-0.4, -0.2) is 11.8 Å². The molecule has 1 aromatic carbocycles. The van der Waals surface area contributed by atoms with Crippen molar-refractivity contribution < 1.29 is 9.59 Å². The quantitative estimate of drug-likeness (QED) is 0.659. The number of hydrogen-bond donors (Lipinski definition) is 2. The van der Waals surface area contributed by atoms with Crippen LogP contribution in [0.25, 0.3) is 0 Å². The van der Waals surface area contributed by atoms with E-state index in [1.165, 1.54) is 0 Å². The second-order valence-corrected chi connectivity index (χ2v) is 4.86. The number of nitrogens with one attached hydrogen (secondary N) is 2. The molecule has 0 unspecified atom stereocenters. The Morgan fingerprint density at radius 1 is 1.26 bits per heavy atom. The molecule has 2 amide bonds. The third-order valence-electron chi connectivity index (χ3n) is 2.99. The minimum Gasteiger partial charge on any atom is -0.273 e. The summed E-state index contributed by atoms with van der Waals surface area (Å²) in [7, 11) is 0. The highest BCUT2D eigenvalue weighted by atomic mass is 35.5.